The highest BCUT2D eigenvalue weighted by Gasteiger charge is 2.49. The van der Waals surface area contributed by atoms with Gasteiger partial charge in [0.15, 0.2) is 0 Å². The largest absolute Gasteiger partial charge is 0.497 e. The van der Waals surface area contributed by atoms with Gasteiger partial charge in [-0.1, -0.05) is 24.3 Å². The number of alkyl halides is 3. The van der Waals surface area contributed by atoms with E-state index in [0.29, 0.717) is 16.9 Å². The molecule has 0 aliphatic carbocycles. The smallest absolute Gasteiger partial charge is 0.416 e. The molecule has 1 heterocycles. The van der Waals surface area contributed by atoms with E-state index in [1.165, 1.54) is 19.2 Å². The van der Waals surface area contributed by atoms with Gasteiger partial charge in [0.05, 0.1) is 19.3 Å². The van der Waals surface area contributed by atoms with Crippen molar-refractivity contribution < 1.29 is 27.5 Å². The molecule has 1 atom stereocenters. The monoisotopic (exact) mass is 421 g/mol. The highest BCUT2D eigenvalue weighted by Crippen LogP contribution is 2.31. The van der Waals surface area contributed by atoms with Gasteiger partial charge in [0, 0.05) is 6.54 Å². The van der Waals surface area contributed by atoms with Crippen LogP contribution in [0.25, 0.3) is 0 Å². The topological polar surface area (TPSA) is 61.9 Å². The van der Waals surface area contributed by atoms with E-state index in [4.69, 9.17) is 4.74 Å². The molecule has 0 radical (unpaired) electrons. The summed E-state index contributed by atoms with van der Waals surface area (Å²) in [6.45, 7) is 1.88. The normalized spacial score (nSPS) is 19.4. The lowest BCUT2D eigenvalue weighted by Crippen LogP contribution is -2.42. The third kappa shape index (κ3) is 4.25. The van der Waals surface area contributed by atoms with Crippen molar-refractivity contribution in [3.63, 3.8) is 0 Å². The van der Waals surface area contributed by atoms with Gasteiger partial charge in [-0.3, -0.25) is 9.69 Å². The summed E-state index contributed by atoms with van der Waals surface area (Å²) >= 11 is 0. The van der Waals surface area contributed by atoms with Gasteiger partial charge in [-0.15, -0.1) is 0 Å². The Kier molecular flexibility index (Phi) is 5.76. The van der Waals surface area contributed by atoms with Crippen LogP contribution in [0.5, 0.6) is 5.75 Å². The Hall–Kier alpha value is -3.07. The average molecular weight is 421 g/mol. The molecule has 2 aromatic rings. The zero-order valence-electron chi connectivity index (χ0n) is 16.8. The molecule has 1 aliphatic heterocycles. The minimum atomic E-state index is -4.39. The van der Waals surface area contributed by atoms with Gasteiger partial charge in [0.1, 0.15) is 11.3 Å². The van der Waals surface area contributed by atoms with Crippen molar-refractivity contribution in [2.24, 2.45) is 0 Å². The van der Waals surface area contributed by atoms with Gasteiger partial charge in [0.2, 0.25) is 0 Å². The number of hydrogen-bond acceptors (Lipinski definition) is 4. The predicted octanol–water partition coefficient (Wildman–Crippen LogP) is 3.57. The standard InChI is InChI=1S/C21H22F3N3O3/c1-20(16-5-4-6-17(11-16)30-3)18(28)27(19(29)25-20)13-26(2)12-14-7-9-15(10-8-14)21(22,23)24/h4-11H,12-13H2,1-3H3,(H,25,29)/t20-/m1/s1. The third-order valence-corrected chi connectivity index (χ3v) is 5.04. The lowest BCUT2D eigenvalue weighted by atomic mass is 9.92. The lowest BCUT2D eigenvalue weighted by Gasteiger charge is -2.25. The summed E-state index contributed by atoms with van der Waals surface area (Å²) < 4.78 is 43.3. The number of carbonyl (C=O) groups excluding carboxylic acids is 2. The second kappa shape index (κ2) is 7.98. The van der Waals surface area contributed by atoms with Crippen LogP contribution >= 0.6 is 0 Å². The number of urea groups is 1. The number of rotatable bonds is 6. The van der Waals surface area contributed by atoms with Gasteiger partial charge >= 0.3 is 12.2 Å². The number of imide groups is 1. The fourth-order valence-corrected chi connectivity index (χ4v) is 3.36. The summed E-state index contributed by atoms with van der Waals surface area (Å²) in [5, 5.41) is 2.72. The average Bonchev–Trinajstić information content (AvgIpc) is 2.92. The first-order chi connectivity index (χ1) is 14.0. The van der Waals surface area contributed by atoms with Crippen LogP contribution in [-0.2, 0) is 23.1 Å². The van der Waals surface area contributed by atoms with Crippen LogP contribution in [0, 0.1) is 0 Å². The highest BCUT2D eigenvalue weighted by atomic mass is 19.4. The van der Waals surface area contributed by atoms with E-state index in [-0.39, 0.29) is 13.2 Å². The second-order valence-corrected chi connectivity index (χ2v) is 7.37. The Morgan fingerprint density at radius 1 is 1.13 bits per heavy atom. The summed E-state index contributed by atoms with van der Waals surface area (Å²) in [7, 11) is 3.19. The quantitative estimate of drug-likeness (QED) is 0.725. The Morgan fingerprint density at radius 2 is 1.80 bits per heavy atom. The third-order valence-electron chi connectivity index (χ3n) is 5.04. The number of carbonyl (C=O) groups is 2. The molecule has 30 heavy (non-hydrogen) atoms. The lowest BCUT2D eigenvalue weighted by molar-refractivity contribution is -0.137. The van der Waals surface area contributed by atoms with Gasteiger partial charge in [0.25, 0.3) is 5.91 Å². The predicted molar refractivity (Wildman–Crippen MR) is 104 cm³/mol. The minimum absolute atomic E-state index is 0.00868. The summed E-state index contributed by atoms with van der Waals surface area (Å²) in [6.07, 6.45) is -4.39. The molecule has 0 saturated carbocycles. The SMILES string of the molecule is COc1cccc([C@@]2(C)NC(=O)N(CN(C)Cc3ccc(C(F)(F)F)cc3)C2=O)c1. The summed E-state index contributed by atoms with van der Waals surface area (Å²) in [4.78, 5) is 28.3. The summed E-state index contributed by atoms with van der Waals surface area (Å²) in [5.74, 6) is 0.147. The van der Waals surface area contributed by atoms with E-state index in [9.17, 15) is 22.8 Å². The van der Waals surface area contributed by atoms with E-state index >= 15 is 0 Å². The van der Waals surface area contributed by atoms with Crippen molar-refractivity contribution in [2.75, 3.05) is 20.8 Å². The van der Waals surface area contributed by atoms with Crippen LogP contribution in [0.1, 0.15) is 23.6 Å². The Balaban J connectivity index is 1.70. The maximum absolute atomic E-state index is 13.0. The Bertz CT molecular complexity index is 947. The van der Waals surface area contributed by atoms with E-state index < -0.39 is 29.2 Å². The molecule has 9 heteroatoms. The fraction of sp³-hybridized carbons (Fsp3) is 0.333. The van der Waals surface area contributed by atoms with Crippen molar-refractivity contribution in [1.29, 1.82) is 0 Å². The zero-order chi connectivity index (χ0) is 22.1. The molecule has 1 saturated heterocycles. The number of nitrogens with one attached hydrogen (secondary N) is 1. The number of nitrogens with zero attached hydrogens (tertiary/aromatic N) is 2. The second-order valence-electron chi connectivity index (χ2n) is 7.37. The van der Waals surface area contributed by atoms with E-state index in [0.717, 1.165) is 17.0 Å². The van der Waals surface area contributed by atoms with Gasteiger partial charge in [-0.05, 0) is 49.4 Å². The maximum atomic E-state index is 13.0. The van der Waals surface area contributed by atoms with E-state index in [2.05, 4.69) is 5.32 Å². The number of amides is 3. The molecular formula is C21H22F3N3O3. The first kappa shape index (κ1) is 21.6. The molecular weight excluding hydrogens is 399 g/mol. The molecule has 3 rings (SSSR count). The minimum Gasteiger partial charge on any atom is -0.497 e. The van der Waals surface area contributed by atoms with Crippen molar-refractivity contribution in [3.8, 4) is 5.75 Å². The molecule has 0 spiro atoms. The van der Waals surface area contributed by atoms with Crippen molar-refractivity contribution in [3.05, 3.63) is 65.2 Å². The van der Waals surface area contributed by atoms with Crippen molar-refractivity contribution >= 4 is 11.9 Å². The number of halogens is 3. The molecule has 1 fully saturated rings. The Morgan fingerprint density at radius 3 is 2.40 bits per heavy atom. The van der Waals surface area contributed by atoms with Gasteiger partial charge < -0.3 is 10.1 Å². The molecule has 2 aromatic carbocycles. The summed E-state index contributed by atoms with van der Waals surface area (Å²) in [5.41, 5.74) is -0.737. The first-order valence-electron chi connectivity index (χ1n) is 9.18. The molecule has 1 N–H and O–H groups in total. The number of ether oxygens (including phenoxy) is 1. The first-order valence-corrected chi connectivity index (χ1v) is 9.18. The van der Waals surface area contributed by atoms with Gasteiger partial charge in [-0.2, -0.15) is 13.2 Å². The zero-order valence-corrected chi connectivity index (χ0v) is 16.8. The van der Waals surface area contributed by atoms with Crippen LogP contribution < -0.4 is 10.1 Å². The molecule has 1 aliphatic rings. The number of methoxy groups -OCH3 is 1. The highest BCUT2D eigenvalue weighted by molar-refractivity contribution is 6.07. The Labute approximate surface area is 172 Å². The van der Waals surface area contributed by atoms with Crippen LogP contribution in [0.4, 0.5) is 18.0 Å². The van der Waals surface area contributed by atoms with Crippen LogP contribution in [0.3, 0.4) is 0 Å². The molecule has 0 bridgehead atoms. The van der Waals surface area contributed by atoms with Crippen LogP contribution in [0.15, 0.2) is 48.5 Å². The summed E-state index contributed by atoms with van der Waals surface area (Å²) in [6, 6.07) is 11.1. The van der Waals surface area contributed by atoms with Crippen LogP contribution in [-0.4, -0.2) is 42.6 Å². The molecule has 6 nitrogen and oxygen atoms in total. The molecule has 3 amide bonds. The molecule has 160 valence electrons. The maximum Gasteiger partial charge on any atom is 0.416 e. The fourth-order valence-electron chi connectivity index (χ4n) is 3.36. The van der Waals surface area contributed by atoms with E-state index in [1.807, 2.05) is 0 Å². The molecule has 0 aromatic heterocycles. The van der Waals surface area contributed by atoms with E-state index in [1.54, 1.807) is 43.1 Å². The molecule has 0 unspecified atom stereocenters. The van der Waals surface area contributed by atoms with Crippen molar-refractivity contribution in [2.45, 2.75) is 25.2 Å². The van der Waals surface area contributed by atoms with Crippen molar-refractivity contribution in [1.82, 2.24) is 15.1 Å². The van der Waals surface area contributed by atoms with Gasteiger partial charge in [-0.25, -0.2) is 9.69 Å². The van der Waals surface area contributed by atoms with Crippen LogP contribution in [0.2, 0.25) is 0 Å². The number of benzene rings is 2. The number of hydrogen-bond donors (Lipinski definition) is 1.